The first-order valence-electron chi connectivity index (χ1n) is 9.66. The summed E-state index contributed by atoms with van der Waals surface area (Å²) in [7, 11) is 0. The molecule has 1 fully saturated rings. The Morgan fingerprint density at radius 3 is 2.29 bits per heavy atom. The van der Waals surface area contributed by atoms with Crippen molar-refractivity contribution in [2.45, 2.75) is 56.7 Å². The molecule has 0 saturated heterocycles. The smallest absolute Gasteiger partial charge is 0.415 e. The van der Waals surface area contributed by atoms with Crippen LogP contribution in [-0.4, -0.2) is 41.0 Å². The molecule has 3 unspecified atom stereocenters. The summed E-state index contributed by atoms with van der Waals surface area (Å²) in [6, 6.07) is 18.8. The van der Waals surface area contributed by atoms with E-state index in [1.54, 1.807) is 4.90 Å². The fraction of sp³-hybridized carbons (Fsp3) is 0.455. The van der Waals surface area contributed by atoms with Crippen LogP contribution in [0.1, 0.15) is 31.2 Å². The monoisotopic (exact) mass is 393 g/mol. The average molecular weight is 393 g/mol. The van der Waals surface area contributed by atoms with Gasteiger partial charge in [-0.05, 0) is 43.4 Å². The van der Waals surface area contributed by atoms with Crippen LogP contribution < -0.4 is 4.74 Å². The topological polar surface area (TPSA) is 32.7 Å². The summed E-state index contributed by atoms with van der Waals surface area (Å²) in [6.07, 6.45) is -3.81. The van der Waals surface area contributed by atoms with Crippen molar-refractivity contribution in [2.24, 2.45) is 0 Å². The van der Waals surface area contributed by atoms with Gasteiger partial charge in [-0.15, -0.1) is 0 Å². The SMILES string of the molecule is OC(CN(Cc1ccccc1)C1CCCC(Oc2ccccc2)C1)C(F)(F)F. The van der Waals surface area contributed by atoms with Crippen molar-refractivity contribution in [1.82, 2.24) is 4.90 Å². The Morgan fingerprint density at radius 1 is 1.00 bits per heavy atom. The minimum absolute atomic E-state index is 0.0394. The molecule has 1 aliphatic rings. The third kappa shape index (κ3) is 5.97. The molecule has 3 rings (SSSR count). The molecule has 3 nitrogen and oxygen atoms in total. The third-order valence-corrected chi connectivity index (χ3v) is 5.17. The van der Waals surface area contributed by atoms with E-state index in [9.17, 15) is 18.3 Å². The second-order valence-electron chi connectivity index (χ2n) is 7.35. The number of ether oxygens (including phenoxy) is 1. The highest BCUT2D eigenvalue weighted by molar-refractivity contribution is 5.21. The Morgan fingerprint density at radius 2 is 1.64 bits per heavy atom. The number of alkyl halides is 3. The number of rotatable bonds is 7. The standard InChI is InChI=1S/C22H26F3NO2/c23-22(24,25)21(27)16-26(15-17-8-3-1-4-9-17)18-10-7-13-20(14-18)28-19-11-5-2-6-12-19/h1-6,8-9,11-12,18,20-21,27H,7,10,13-16H2. The van der Waals surface area contributed by atoms with Gasteiger partial charge in [0.15, 0.2) is 6.10 Å². The van der Waals surface area contributed by atoms with Gasteiger partial charge in [-0.1, -0.05) is 48.5 Å². The normalized spacial score (nSPS) is 21.5. The van der Waals surface area contributed by atoms with Gasteiger partial charge in [-0.2, -0.15) is 13.2 Å². The van der Waals surface area contributed by atoms with Crippen LogP contribution in [0.4, 0.5) is 13.2 Å². The van der Waals surface area contributed by atoms with Gasteiger partial charge in [0, 0.05) is 19.1 Å². The van der Waals surface area contributed by atoms with Gasteiger partial charge < -0.3 is 9.84 Å². The highest BCUT2D eigenvalue weighted by Crippen LogP contribution is 2.30. The van der Waals surface area contributed by atoms with E-state index in [1.807, 2.05) is 60.7 Å². The number of benzene rings is 2. The summed E-state index contributed by atoms with van der Waals surface area (Å²) >= 11 is 0. The fourth-order valence-corrected chi connectivity index (χ4v) is 3.74. The van der Waals surface area contributed by atoms with E-state index in [-0.39, 0.29) is 12.1 Å². The third-order valence-electron chi connectivity index (χ3n) is 5.17. The van der Waals surface area contributed by atoms with Gasteiger partial charge in [-0.3, -0.25) is 4.90 Å². The van der Waals surface area contributed by atoms with Crippen molar-refractivity contribution in [1.29, 1.82) is 0 Å². The second-order valence-corrected chi connectivity index (χ2v) is 7.35. The van der Waals surface area contributed by atoms with E-state index in [1.165, 1.54) is 0 Å². The van der Waals surface area contributed by atoms with Gasteiger partial charge in [0.2, 0.25) is 0 Å². The van der Waals surface area contributed by atoms with E-state index in [2.05, 4.69) is 0 Å². The van der Waals surface area contributed by atoms with Crippen molar-refractivity contribution in [3.63, 3.8) is 0 Å². The van der Waals surface area contributed by atoms with Gasteiger partial charge in [0.05, 0.1) is 0 Å². The second kappa shape index (κ2) is 9.43. The Kier molecular flexibility index (Phi) is 6.97. The minimum Gasteiger partial charge on any atom is -0.490 e. The highest BCUT2D eigenvalue weighted by Gasteiger charge is 2.40. The maximum atomic E-state index is 13.0. The van der Waals surface area contributed by atoms with E-state index in [0.717, 1.165) is 30.6 Å². The first-order chi connectivity index (χ1) is 13.4. The first kappa shape index (κ1) is 20.7. The number of hydrogen-bond donors (Lipinski definition) is 1. The molecular weight excluding hydrogens is 367 g/mol. The minimum atomic E-state index is -4.62. The quantitative estimate of drug-likeness (QED) is 0.733. The van der Waals surface area contributed by atoms with Crippen molar-refractivity contribution in [2.75, 3.05) is 6.54 Å². The molecule has 0 heterocycles. The molecule has 1 saturated carbocycles. The van der Waals surface area contributed by atoms with Gasteiger partial charge >= 0.3 is 6.18 Å². The molecule has 1 N–H and O–H groups in total. The molecule has 0 radical (unpaired) electrons. The molecule has 0 aromatic heterocycles. The number of para-hydroxylation sites is 1. The summed E-state index contributed by atoms with van der Waals surface area (Å²) in [6.45, 7) is -0.0577. The molecule has 2 aromatic carbocycles. The van der Waals surface area contributed by atoms with Gasteiger partial charge in [-0.25, -0.2) is 0 Å². The fourth-order valence-electron chi connectivity index (χ4n) is 3.74. The van der Waals surface area contributed by atoms with E-state index in [0.29, 0.717) is 13.0 Å². The van der Waals surface area contributed by atoms with Crippen molar-refractivity contribution in [3.8, 4) is 5.75 Å². The van der Waals surface area contributed by atoms with Crippen LogP contribution >= 0.6 is 0 Å². The molecule has 6 heteroatoms. The molecule has 3 atom stereocenters. The van der Waals surface area contributed by atoms with Crippen LogP contribution in [-0.2, 0) is 6.54 Å². The Balaban J connectivity index is 1.70. The zero-order chi connectivity index (χ0) is 20.0. The van der Waals surface area contributed by atoms with Gasteiger partial charge in [0.25, 0.3) is 0 Å². The Labute approximate surface area is 163 Å². The average Bonchev–Trinajstić information content (AvgIpc) is 2.68. The van der Waals surface area contributed by atoms with E-state index < -0.39 is 18.8 Å². The lowest BCUT2D eigenvalue weighted by Gasteiger charge is -2.38. The van der Waals surface area contributed by atoms with E-state index >= 15 is 0 Å². The van der Waals surface area contributed by atoms with E-state index in [4.69, 9.17) is 4.74 Å². The van der Waals surface area contributed by atoms with Crippen molar-refractivity contribution < 1.29 is 23.0 Å². The summed E-state index contributed by atoms with van der Waals surface area (Å²) in [5.41, 5.74) is 0.933. The zero-order valence-corrected chi connectivity index (χ0v) is 15.7. The molecule has 28 heavy (non-hydrogen) atoms. The molecule has 2 aromatic rings. The number of nitrogens with zero attached hydrogens (tertiary/aromatic N) is 1. The number of halogens is 3. The Hall–Kier alpha value is -2.05. The molecule has 0 bridgehead atoms. The van der Waals surface area contributed by atoms with Gasteiger partial charge in [0.1, 0.15) is 11.9 Å². The first-order valence-corrected chi connectivity index (χ1v) is 9.66. The summed E-state index contributed by atoms with van der Waals surface area (Å²) < 4.78 is 45.0. The molecule has 1 aliphatic carbocycles. The van der Waals surface area contributed by atoms with Crippen LogP contribution in [0.2, 0.25) is 0 Å². The highest BCUT2D eigenvalue weighted by atomic mass is 19.4. The molecule has 0 aliphatic heterocycles. The Bertz CT molecular complexity index is 709. The number of aliphatic hydroxyl groups is 1. The largest absolute Gasteiger partial charge is 0.490 e. The maximum absolute atomic E-state index is 13.0. The summed E-state index contributed by atoms with van der Waals surface area (Å²) in [5.74, 6) is 0.776. The summed E-state index contributed by atoms with van der Waals surface area (Å²) in [5, 5.41) is 9.67. The van der Waals surface area contributed by atoms with Crippen LogP contribution in [0.5, 0.6) is 5.75 Å². The lowest BCUT2D eigenvalue weighted by molar-refractivity contribution is -0.210. The number of aliphatic hydroxyl groups excluding tert-OH is 1. The predicted molar refractivity (Wildman–Crippen MR) is 102 cm³/mol. The molecule has 152 valence electrons. The van der Waals surface area contributed by atoms with Crippen molar-refractivity contribution in [3.05, 3.63) is 66.2 Å². The number of hydrogen-bond acceptors (Lipinski definition) is 3. The van der Waals surface area contributed by atoms with Crippen LogP contribution in [0.3, 0.4) is 0 Å². The van der Waals surface area contributed by atoms with Crippen LogP contribution in [0.25, 0.3) is 0 Å². The molecule has 0 spiro atoms. The van der Waals surface area contributed by atoms with Crippen LogP contribution in [0.15, 0.2) is 60.7 Å². The zero-order valence-electron chi connectivity index (χ0n) is 15.7. The van der Waals surface area contributed by atoms with Crippen molar-refractivity contribution >= 4 is 0 Å². The molecular formula is C22H26F3NO2. The maximum Gasteiger partial charge on any atom is 0.415 e. The lowest BCUT2D eigenvalue weighted by Crippen LogP contribution is -2.47. The summed E-state index contributed by atoms with van der Waals surface area (Å²) in [4.78, 5) is 1.76. The van der Waals surface area contributed by atoms with Crippen LogP contribution in [0, 0.1) is 0 Å². The lowest BCUT2D eigenvalue weighted by atomic mass is 9.91. The predicted octanol–water partition coefficient (Wildman–Crippen LogP) is 4.80. The molecule has 0 amide bonds.